The van der Waals surface area contributed by atoms with E-state index in [1.54, 1.807) is 36.4 Å². The van der Waals surface area contributed by atoms with Crippen LogP contribution >= 0.6 is 0 Å². The van der Waals surface area contributed by atoms with Gasteiger partial charge in [-0.15, -0.1) is 0 Å². The van der Waals surface area contributed by atoms with Gasteiger partial charge in [0, 0.05) is 6.42 Å². The van der Waals surface area contributed by atoms with Gasteiger partial charge in [0.05, 0.1) is 6.04 Å². The van der Waals surface area contributed by atoms with Crippen molar-refractivity contribution in [2.24, 2.45) is 11.5 Å². The number of carboxylic acids is 1. The Morgan fingerprint density at radius 2 is 1.39 bits per heavy atom. The minimum Gasteiger partial charge on any atom is -0.508 e. The molecule has 0 aliphatic rings. The van der Waals surface area contributed by atoms with E-state index in [4.69, 9.17) is 11.5 Å². The fourth-order valence-corrected chi connectivity index (χ4v) is 3.74. The molecule has 2 rings (SSSR count). The average Bonchev–Trinajstić information content (AvgIpc) is 2.89. The SMILES string of the molecule is C[C@H](NC(=O)[C@H](Cc1ccccc1)NC(=O)[C@@H](N)Cc1ccc(O)cc1)C(=O)N[C@@H](CCCCN)C(=O)O. The highest BCUT2D eigenvalue weighted by Crippen LogP contribution is 2.11. The summed E-state index contributed by atoms with van der Waals surface area (Å²) in [4.78, 5) is 50.1. The van der Waals surface area contributed by atoms with E-state index >= 15 is 0 Å². The number of carboxylic acid groups (broad SMARTS) is 1. The van der Waals surface area contributed by atoms with E-state index in [9.17, 15) is 29.4 Å². The van der Waals surface area contributed by atoms with E-state index in [1.807, 2.05) is 6.07 Å². The lowest BCUT2D eigenvalue weighted by Crippen LogP contribution is -2.57. The molecule has 9 N–H and O–H groups in total. The first kappa shape index (κ1) is 30.3. The molecule has 4 atom stereocenters. The number of nitrogens with one attached hydrogen (secondary N) is 3. The molecule has 0 fully saturated rings. The molecule has 2 aromatic rings. The van der Waals surface area contributed by atoms with E-state index < -0.39 is 47.9 Å². The number of benzene rings is 2. The van der Waals surface area contributed by atoms with Gasteiger partial charge in [0.25, 0.3) is 0 Å². The summed E-state index contributed by atoms with van der Waals surface area (Å²) in [5.41, 5.74) is 13.0. The minimum absolute atomic E-state index is 0.0924. The number of phenolic OH excluding ortho intramolecular Hbond substituents is 1. The van der Waals surface area contributed by atoms with Crippen LogP contribution in [0.15, 0.2) is 54.6 Å². The molecular formula is C27H37N5O6. The van der Waals surface area contributed by atoms with Crippen LogP contribution in [0.3, 0.4) is 0 Å². The zero-order chi connectivity index (χ0) is 28.1. The Balaban J connectivity index is 2.06. The van der Waals surface area contributed by atoms with Gasteiger partial charge < -0.3 is 37.6 Å². The quantitative estimate of drug-likeness (QED) is 0.159. The van der Waals surface area contributed by atoms with E-state index in [0.717, 1.165) is 11.1 Å². The number of nitrogens with two attached hydrogens (primary N) is 2. The minimum atomic E-state index is -1.18. The van der Waals surface area contributed by atoms with Crippen LogP contribution in [0.5, 0.6) is 5.75 Å². The van der Waals surface area contributed by atoms with Gasteiger partial charge in [-0.2, -0.15) is 0 Å². The standard InChI is InChI=1S/C27H37N5O6/c1-17(24(34)31-22(27(37)38)9-5-6-14-28)30-26(36)23(16-18-7-3-2-4-8-18)32-25(35)21(29)15-19-10-12-20(33)13-11-19/h2-4,7-8,10-13,17,21-23,33H,5-6,9,14-16,28-29H2,1H3,(H,30,36)(H,31,34)(H,32,35)(H,37,38)/t17-,21-,22-,23-/m0/s1. The average molecular weight is 528 g/mol. The number of rotatable bonds is 15. The Morgan fingerprint density at radius 3 is 2.00 bits per heavy atom. The van der Waals surface area contributed by atoms with Crippen LogP contribution in [-0.4, -0.2) is 64.6 Å². The lowest BCUT2D eigenvalue weighted by Gasteiger charge is -2.24. The van der Waals surface area contributed by atoms with Gasteiger partial charge >= 0.3 is 5.97 Å². The van der Waals surface area contributed by atoms with Crippen LogP contribution < -0.4 is 27.4 Å². The maximum atomic E-state index is 13.1. The summed E-state index contributed by atoms with van der Waals surface area (Å²) < 4.78 is 0. The summed E-state index contributed by atoms with van der Waals surface area (Å²) in [6.07, 6.45) is 1.71. The predicted molar refractivity (Wildman–Crippen MR) is 142 cm³/mol. The molecule has 0 heterocycles. The van der Waals surface area contributed by atoms with Crippen LogP contribution in [-0.2, 0) is 32.0 Å². The van der Waals surface area contributed by atoms with Crippen LogP contribution in [0.2, 0.25) is 0 Å². The van der Waals surface area contributed by atoms with Gasteiger partial charge in [-0.1, -0.05) is 42.5 Å². The zero-order valence-corrected chi connectivity index (χ0v) is 21.4. The highest BCUT2D eigenvalue weighted by molar-refractivity contribution is 5.94. The van der Waals surface area contributed by atoms with Gasteiger partial charge in [-0.3, -0.25) is 14.4 Å². The first-order valence-corrected chi connectivity index (χ1v) is 12.5. The molecule has 11 heteroatoms. The molecule has 11 nitrogen and oxygen atoms in total. The Morgan fingerprint density at radius 1 is 0.789 bits per heavy atom. The number of aliphatic carboxylic acids is 1. The normalized spacial score (nSPS) is 14.0. The third kappa shape index (κ3) is 10.2. The van der Waals surface area contributed by atoms with Crippen molar-refractivity contribution >= 4 is 23.7 Å². The van der Waals surface area contributed by atoms with Crippen molar-refractivity contribution < 1.29 is 29.4 Å². The first-order valence-electron chi connectivity index (χ1n) is 12.5. The third-order valence-electron chi connectivity index (χ3n) is 5.96. The molecule has 0 spiro atoms. The number of hydrogen-bond donors (Lipinski definition) is 7. The fraction of sp³-hybridized carbons (Fsp3) is 0.407. The maximum absolute atomic E-state index is 13.1. The summed E-state index contributed by atoms with van der Waals surface area (Å²) in [5.74, 6) is -2.92. The molecule has 0 aliphatic carbocycles. The second-order valence-corrected chi connectivity index (χ2v) is 9.14. The van der Waals surface area contributed by atoms with Crippen molar-refractivity contribution in [2.45, 2.75) is 63.2 Å². The lowest BCUT2D eigenvalue weighted by atomic mass is 10.0. The number of carbonyl (C=O) groups is 4. The topological polar surface area (TPSA) is 197 Å². The third-order valence-corrected chi connectivity index (χ3v) is 5.96. The summed E-state index contributed by atoms with van der Waals surface area (Å²) in [6, 6.07) is 11.2. The van der Waals surface area contributed by atoms with Crippen LogP contribution in [0.25, 0.3) is 0 Å². The van der Waals surface area contributed by atoms with Crippen LogP contribution in [0.4, 0.5) is 0 Å². The number of phenols is 1. The molecule has 0 saturated carbocycles. The van der Waals surface area contributed by atoms with Crippen molar-refractivity contribution in [3.8, 4) is 5.75 Å². The fourth-order valence-electron chi connectivity index (χ4n) is 3.74. The molecular weight excluding hydrogens is 490 g/mol. The number of unbranched alkanes of at least 4 members (excludes halogenated alkanes) is 1. The van der Waals surface area contributed by atoms with Gasteiger partial charge in [-0.05, 0) is 62.4 Å². The monoisotopic (exact) mass is 527 g/mol. The molecule has 0 radical (unpaired) electrons. The van der Waals surface area contributed by atoms with Crippen LogP contribution in [0.1, 0.15) is 37.3 Å². The summed E-state index contributed by atoms with van der Waals surface area (Å²) in [6.45, 7) is 1.85. The van der Waals surface area contributed by atoms with E-state index in [1.165, 1.54) is 19.1 Å². The number of carbonyl (C=O) groups excluding carboxylic acids is 3. The zero-order valence-electron chi connectivity index (χ0n) is 21.4. The summed E-state index contributed by atoms with van der Waals surface area (Å²) in [5, 5.41) is 26.5. The predicted octanol–water partition coefficient (Wildman–Crippen LogP) is 0.193. The van der Waals surface area contributed by atoms with Crippen molar-refractivity contribution in [1.82, 2.24) is 16.0 Å². The molecule has 2 aromatic carbocycles. The molecule has 0 aromatic heterocycles. The Labute approximate surface area is 222 Å². The highest BCUT2D eigenvalue weighted by atomic mass is 16.4. The van der Waals surface area contributed by atoms with Gasteiger partial charge in [0.15, 0.2) is 0 Å². The number of aromatic hydroxyl groups is 1. The van der Waals surface area contributed by atoms with E-state index in [2.05, 4.69) is 16.0 Å². The smallest absolute Gasteiger partial charge is 0.326 e. The Hall–Kier alpha value is -3.96. The highest BCUT2D eigenvalue weighted by Gasteiger charge is 2.28. The molecule has 0 bridgehead atoms. The van der Waals surface area contributed by atoms with Gasteiger partial charge in [0.1, 0.15) is 23.9 Å². The lowest BCUT2D eigenvalue weighted by molar-refractivity contribution is -0.142. The number of hydrogen-bond acceptors (Lipinski definition) is 7. The first-order chi connectivity index (χ1) is 18.1. The number of amides is 3. The van der Waals surface area contributed by atoms with E-state index in [0.29, 0.717) is 19.4 Å². The van der Waals surface area contributed by atoms with Gasteiger partial charge in [0.2, 0.25) is 17.7 Å². The molecule has 206 valence electrons. The molecule has 0 aliphatic heterocycles. The van der Waals surface area contributed by atoms with Crippen LogP contribution in [0, 0.1) is 0 Å². The Bertz CT molecular complexity index is 1060. The van der Waals surface area contributed by atoms with Crippen molar-refractivity contribution in [3.63, 3.8) is 0 Å². The summed E-state index contributed by atoms with van der Waals surface area (Å²) >= 11 is 0. The second-order valence-electron chi connectivity index (χ2n) is 9.14. The molecule has 3 amide bonds. The van der Waals surface area contributed by atoms with Crippen molar-refractivity contribution in [1.29, 1.82) is 0 Å². The molecule has 0 saturated heterocycles. The van der Waals surface area contributed by atoms with E-state index in [-0.39, 0.29) is 25.0 Å². The Kier molecular flexibility index (Phi) is 12.2. The maximum Gasteiger partial charge on any atom is 0.326 e. The van der Waals surface area contributed by atoms with Gasteiger partial charge in [-0.25, -0.2) is 4.79 Å². The second kappa shape index (κ2) is 15.3. The van der Waals surface area contributed by atoms with Crippen molar-refractivity contribution in [2.75, 3.05) is 6.54 Å². The summed E-state index contributed by atoms with van der Waals surface area (Å²) in [7, 11) is 0. The largest absolute Gasteiger partial charge is 0.508 e. The molecule has 0 unspecified atom stereocenters. The van der Waals surface area contributed by atoms with Crippen molar-refractivity contribution in [3.05, 3.63) is 65.7 Å². The molecule has 38 heavy (non-hydrogen) atoms.